The lowest BCUT2D eigenvalue weighted by Gasteiger charge is -2.17. The van der Waals surface area contributed by atoms with Gasteiger partial charge in [-0.1, -0.05) is 41.1 Å². The van der Waals surface area contributed by atoms with Crippen molar-refractivity contribution in [1.29, 1.82) is 0 Å². The zero-order chi connectivity index (χ0) is 13.2. The first-order valence-corrected chi connectivity index (χ1v) is 8.32. The van der Waals surface area contributed by atoms with E-state index < -0.39 is 0 Å². The number of fused-ring (bicyclic) bond motifs is 1. The van der Waals surface area contributed by atoms with Crippen molar-refractivity contribution >= 4 is 33.4 Å². The molecule has 1 heterocycles. The predicted molar refractivity (Wildman–Crippen MR) is 87.0 cm³/mol. The van der Waals surface area contributed by atoms with Crippen LogP contribution in [0.15, 0.2) is 51.8 Å². The molecular weight excluding hydrogens is 318 g/mol. The van der Waals surface area contributed by atoms with Gasteiger partial charge in [0, 0.05) is 20.8 Å². The van der Waals surface area contributed by atoms with E-state index in [9.17, 15) is 0 Å². The van der Waals surface area contributed by atoms with E-state index in [1.807, 2.05) is 11.8 Å². The summed E-state index contributed by atoms with van der Waals surface area (Å²) in [6.07, 6.45) is 1.04. The molecule has 2 aromatic carbocycles. The first kappa shape index (κ1) is 13.1. The summed E-state index contributed by atoms with van der Waals surface area (Å²) in [7, 11) is 0. The van der Waals surface area contributed by atoms with Gasteiger partial charge in [-0.3, -0.25) is 0 Å². The maximum atomic E-state index is 3.70. The molecule has 2 aromatic rings. The highest BCUT2D eigenvalue weighted by atomic mass is 79.9. The summed E-state index contributed by atoms with van der Waals surface area (Å²) >= 11 is 5.48. The molecule has 1 unspecified atom stereocenters. The molecule has 0 fully saturated rings. The topological polar surface area (TPSA) is 12.0 Å². The maximum absolute atomic E-state index is 3.70. The Labute approximate surface area is 126 Å². The normalized spacial score (nSPS) is 17.3. The van der Waals surface area contributed by atoms with Crippen molar-refractivity contribution in [3.05, 3.63) is 58.1 Å². The molecule has 1 atom stereocenters. The fourth-order valence-electron chi connectivity index (χ4n) is 2.47. The monoisotopic (exact) mass is 333 g/mol. The number of aryl methyl sites for hydroxylation is 1. The van der Waals surface area contributed by atoms with Gasteiger partial charge < -0.3 is 5.32 Å². The van der Waals surface area contributed by atoms with E-state index in [1.54, 1.807) is 0 Å². The van der Waals surface area contributed by atoms with Crippen molar-refractivity contribution in [3.63, 3.8) is 0 Å². The Kier molecular flexibility index (Phi) is 3.85. The number of hydrogen-bond acceptors (Lipinski definition) is 2. The molecule has 0 saturated carbocycles. The van der Waals surface area contributed by atoms with Gasteiger partial charge in [-0.05, 0) is 41.8 Å². The number of thioether (sulfide) groups is 1. The summed E-state index contributed by atoms with van der Waals surface area (Å²) < 4.78 is 1.15. The van der Waals surface area contributed by atoms with Crippen molar-refractivity contribution in [1.82, 2.24) is 0 Å². The van der Waals surface area contributed by atoms with Gasteiger partial charge in [-0.2, -0.15) is 0 Å². The van der Waals surface area contributed by atoms with Crippen LogP contribution in [0.3, 0.4) is 0 Å². The molecule has 0 radical (unpaired) electrons. The lowest BCUT2D eigenvalue weighted by Crippen LogP contribution is -2.11. The Morgan fingerprint density at radius 3 is 2.95 bits per heavy atom. The lowest BCUT2D eigenvalue weighted by molar-refractivity contribution is 0.894. The van der Waals surface area contributed by atoms with Gasteiger partial charge in [-0.25, -0.2) is 0 Å². The van der Waals surface area contributed by atoms with Gasteiger partial charge in [-0.15, -0.1) is 11.8 Å². The number of hydrogen-bond donors (Lipinski definition) is 1. The third-order valence-electron chi connectivity index (χ3n) is 3.48. The number of rotatable bonds is 3. The maximum Gasteiger partial charge on any atom is 0.0618 e. The van der Waals surface area contributed by atoms with Crippen LogP contribution >= 0.6 is 27.7 Å². The fraction of sp³-hybridized carbons (Fsp3) is 0.250. The van der Waals surface area contributed by atoms with Gasteiger partial charge in [0.25, 0.3) is 0 Å². The molecule has 3 heteroatoms. The molecule has 0 aromatic heterocycles. The molecule has 1 aliphatic heterocycles. The van der Waals surface area contributed by atoms with Gasteiger partial charge >= 0.3 is 0 Å². The fourth-order valence-corrected chi connectivity index (χ4v) is 4.03. The van der Waals surface area contributed by atoms with Crippen LogP contribution < -0.4 is 5.32 Å². The molecule has 0 bridgehead atoms. The predicted octanol–water partition coefficient (Wildman–Crippen LogP) is 5.27. The summed E-state index contributed by atoms with van der Waals surface area (Å²) in [5, 5.41) is 3.70. The molecule has 1 aliphatic rings. The van der Waals surface area contributed by atoms with Gasteiger partial charge in [0.2, 0.25) is 0 Å². The second-order valence-electron chi connectivity index (χ2n) is 4.70. The van der Waals surface area contributed by atoms with Crippen LogP contribution in [0.5, 0.6) is 0 Å². The molecule has 98 valence electrons. The summed E-state index contributed by atoms with van der Waals surface area (Å²) in [6, 6.07) is 15.6. The first-order valence-electron chi connectivity index (χ1n) is 6.54. The van der Waals surface area contributed by atoms with E-state index in [4.69, 9.17) is 0 Å². The van der Waals surface area contributed by atoms with E-state index >= 15 is 0 Å². The van der Waals surface area contributed by atoms with Crippen LogP contribution in [0, 0.1) is 0 Å². The highest BCUT2D eigenvalue weighted by Crippen LogP contribution is 2.40. The Bertz CT molecular complexity index is 597. The van der Waals surface area contributed by atoms with Crippen molar-refractivity contribution < 1.29 is 0 Å². The number of benzene rings is 2. The number of halogens is 1. The van der Waals surface area contributed by atoms with E-state index in [1.165, 1.54) is 21.7 Å². The second-order valence-corrected chi connectivity index (χ2v) is 6.68. The third-order valence-corrected chi connectivity index (χ3v) is 5.15. The van der Waals surface area contributed by atoms with Crippen LogP contribution in [0.25, 0.3) is 0 Å². The molecule has 3 rings (SSSR count). The highest BCUT2D eigenvalue weighted by Gasteiger charge is 2.22. The van der Waals surface area contributed by atoms with Gasteiger partial charge in [0.15, 0.2) is 0 Å². The molecular formula is C16H16BrNS. The van der Waals surface area contributed by atoms with Crippen LogP contribution in [0.1, 0.15) is 24.1 Å². The first-order chi connectivity index (χ1) is 9.28. The van der Waals surface area contributed by atoms with Gasteiger partial charge in [0.05, 0.1) is 6.04 Å². The molecule has 1 nitrogen and oxygen atoms in total. The highest BCUT2D eigenvalue weighted by molar-refractivity contribution is 9.10. The standard InChI is InChI=1S/C16H16BrNS/c1-2-11-9-12(17)7-8-14(11)18-15-10-19-16-6-4-3-5-13(15)16/h3-9,15,18H,2,10H2,1H3. The molecule has 19 heavy (non-hydrogen) atoms. The van der Waals surface area contributed by atoms with Gasteiger partial charge in [0.1, 0.15) is 0 Å². The van der Waals surface area contributed by atoms with E-state index in [2.05, 4.69) is 70.6 Å². The minimum Gasteiger partial charge on any atom is -0.377 e. The third kappa shape index (κ3) is 2.67. The smallest absolute Gasteiger partial charge is 0.0618 e. The van der Waals surface area contributed by atoms with Crippen molar-refractivity contribution in [2.45, 2.75) is 24.3 Å². The quantitative estimate of drug-likeness (QED) is 0.820. The largest absolute Gasteiger partial charge is 0.377 e. The van der Waals surface area contributed by atoms with E-state index in [0.29, 0.717) is 6.04 Å². The molecule has 1 N–H and O–H groups in total. The average molecular weight is 334 g/mol. The summed E-state index contributed by atoms with van der Waals surface area (Å²) in [5.41, 5.74) is 4.05. The summed E-state index contributed by atoms with van der Waals surface area (Å²) in [5.74, 6) is 1.11. The minimum atomic E-state index is 0.424. The molecule has 0 spiro atoms. The number of nitrogens with one attached hydrogen (secondary N) is 1. The average Bonchev–Trinajstić information content (AvgIpc) is 2.84. The zero-order valence-corrected chi connectivity index (χ0v) is 13.2. The second kappa shape index (κ2) is 5.59. The van der Waals surface area contributed by atoms with Crippen molar-refractivity contribution in [2.24, 2.45) is 0 Å². The molecule has 0 amide bonds. The van der Waals surface area contributed by atoms with Crippen molar-refractivity contribution in [3.8, 4) is 0 Å². The Balaban J connectivity index is 1.87. The SMILES string of the molecule is CCc1cc(Br)ccc1NC1CSc2ccccc21. The Morgan fingerprint density at radius 1 is 1.26 bits per heavy atom. The van der Waals surface area contributed by atoms with E-state index in [0.717, 1.165) is 16.6 Å². The van der Waals surface area contributed by atoms with Crippen LogP contribution in [-0.4, -0.2) is 5.75 Å². The van der Waals surface area contributed by atoms with E-state index in [-0.39, 0.29) is 0 Å². The van der Waals surface area contributed by atoms with Crippen LogP contribution in [0.4, 0.5) is 5.69 Å². The summed E-state index contributed by atoms with van der Waals surface area (Å²) in [4.78, 5) is 1.41. The minimum absolute atomic E-state index is 0.424. The summed E-state index contributed by atoms with van der Waals surface area (Å²) in [6.45, 7) is 2.20. The zero-order valence-electron chi connectivity index (χ0n) is 10.8. The lowest BCUT2D eigenvalue weighted by atomic mass is 10.1. The Morgan fingerprint density at radius 2 is 2.11 bits per heavy atom. The number of anilines is 1. The molecule has 0 saturated heterocycles. The van der Waals surface area contributed by atoms with Crippen molar-refractivity contribution in [2.75, 3.05) is 11.1 Å². The van der Waals surface area contributed by atoms with Crippen LogP contribution in [0.2, 0.25) is 0 Å². The Hall–Kier alpha value is -0.930. The van der Waals surface area contributed by atoms with Crippen LogP contribution in [-0.2, 0) is 6.42 Å². The molecule has 0 aliphatic carbocycles.